The molecule has 5 heteroatoms. The quantitative estimate of drug-likeness (QED) is 0.767. The normalized spacial score (nSPS) is 14.4. The van der Waals surface area contributed by atoms with Gasteiger partial charge >= 0.3 is 0 Å². The molecule has 0 radical (unpaired) electrons. The van der Waals surface area contributed by atoms with Gasteiger partial charge in [-0.1, -0.05) is 18.2 Å². The molecule has 19 heavy (non-hydrogen) atoms. The van der Waals surface area contributed by atoms with E-state index in [0.717, 1.165) is 16.0 Å². The molecule has 2 heterocycles. The molecule has 0 aliphatic rings. The number of oxazole rings is 1. The third-order valence-electron chi connectivity index (χ3n) is 2.93. The summed E-state index contributed by atoms with van der Waals surface area (Å²) < 4.78 is 5.55. The van der Waals surface area contributed by atoms with Crippen molar-refractivity contribution < 1.29 is 9.52 Å². The van der Waals surface area contributed by atoms with Gasteiger partial charge in [-0.05, 0) is 30.5 Å². The number of anilines is 1. The Balaban J connectivity index is 1.75. The lowest BCUT2D eigenvalue weighted by molar-refractivity contribution is 0.0748. The fraction of sp³-hybridized carbons (Fsp3) is 0.214. The van der Waals surface area contributed by atoms with Gasteiger partial charge in [0, 0.05) is 4.88 Å². The third-order valence-corrected chi connectivity index (χ3v) is 4.05. The first-order valence-electron chi connectivity index (χ1n) is 6.01. The lowest BCUT2D eigenvalue weighted by Gasteiger charge is -2.21. The van der Waals surface area contributed by atoms with Crippen LogP contribution in [0.3, 0.4) is 0 Å². The van der Waals surface area contributed by atoms with E-state index in [4.69, 9.17) is 4.42 Å². The van der Waals surface area contributed by atoms with E-state index in [1.54, 1.807) is 6.92 Å². The summed E-state index contributed by atoms with van der Waals surface area (Å²) in [4.78, 5) is 5.22. The van der Waals surface area contributed by atoms with Crippen molar-refractivity contribution in [3.63, 3.8) is 0 Å². The number of fused-ring (bicyclic) bond motifs is 1. The zero-order chi connectivity index (χ0) is 13.3. The molecule has 4 nitrogen and oxygen atoms in total. The highest BCUT2D eigenvalue weighted by Gasteiger charge is 2.24. The molecule has 3 aromatic rings. The zero-order valence-electron chi connectivity index (χ0n) is 10.5. The molecule has 0 aliphatic carbocycles. The molecular weight excluding hydrogens is 260 g/mol. The van der Waals surface area contributed by atoms with Crippen molar-refractivity contribution in [3.8, 4) is 0 Å². The van der Waals surface area contributed by atoms with Crippen LogP contribution in [0.1, 0.15) is 11.8 Å². The molecule has 0 saturated carbocycles. The van der Waals surface area contributed by atoms with E-state index in [9.17, 15) is 5.11 Å². The predicted octanol–water partition coefficient (Wildman–Crippen LogP) is 3.21. The Morgan fingerprint density at radius 1 is 1.32 bits per heavy atom. The van der Waals surface area contributed by atoms with Crippen LogP contribution in [0, 0.1) is 0 Å². The standard InChI is InChI=1S/C14H14N2O2S/c1-14(17,12-7-4-8-19-12)9-15-13-16-10-5-2-3-6-11(10)18-13/h2-8,17H,9H2,1H3,(H,15,16). The number of hydrogen-bond donors (Lipinski definition) is 2. The van der Waals surface area contributed by atoms with Crippen LogP contribution in [0.2, 0.25) is 0 Å². The summed E-state index contributed by atoms with van der Waals surface area (Å²) in [7, 11) is 0. The number of nitrogens with one attached hydrogen (secondary N) is 1. The van der Waals surface area contributed by atoms with Crippen LogP contribution in [-0.2, 0) is 5.60 Å². The van der Waals surface area contributed by atoms with Crippen molar-refractivity contribution in [1.29, 1.82) is 0 Å². The van der Waals surface area contributed by atoms with Crippen LogP contribution >= 0.6 is 11.3 Å². The van der Waals surface area contributed by atoms with E-state index in [2.05, 4.69) is 10.3 Å². The summed E-state index contributed by atoms with van der Waals surface area (Å²) in [5.41, 5.74) is 0.607. The van der Waals surface area contributed by atoms with Crippen molar-refractivity contribution in [3.05, 3.63) is 46.7 Å². The lowest BCUT2D eigenvalue weighted by Crippen LogP contribution is -2.29. The highest BCUT2D eigenvalue weighted by atomic mass is 32.1. The second-order valence-electron chi connectivity index (χ2n) is 4.59. The topological polar surface area (TPSA) is 58.3 Å². The van der Waals surface area contributed by atoms with Gasteiger partial charge in [-0.15, -0.1) is 11.3 Å². The molecule has 0 amide bonds. The summed E-state index contributed by atoms with van der Waals surface area (Å²) in [6.45, 7) is 2.12. The van der Waals surface area contributed by atoms with E-state index in [-0.39, 0.29) is 0 Å². The summed E-state index contributed by atoms with van der Waals surface area (Å²) in [5, 5.41) is 15.4. The average molecular weight is 274 g/mol. The van der Waals surface area contributed by atoms with Crippen molar-refractivity contribution >= 4 is 28.5 Å². The second kappa shape index (κ2) is 4.68. The molecule has 2 N–H and O–H groups in total. The van der Waals surface area contributed by atoms with Gasteiger partial charge in [-0.25, -0.2) is 0 Å². The summed E-state index contributed by atoms with van der Waals surface area (Å²) >= 11 is 1.53. The number of nitrogens with zero attached hydrogens (tertiary/aromatic N) is 1. The minimum absolute atomic E-state index is 0.348. The van der Waals surface area contributed by atoms with Crippen molar-refractivity contribution in [2.75, 3.05) is 11.9 Å². The first kappa shape index (κ1) is 12.2. The molecule has 1 unspecified atom stereocenters. The Hall–Kier alpha value is -1.85. The summed E-state index contributed by atoms with van der Waals surface area (Å²) in [6, 6.07) is 11.8. The molecule has 3 rings (SSSR count). The van der Waals surface area contributed by atoms with E-state index in [1.165, 1.54) is 11.3 Å². The molecule has 1 aromatic carbocycles. The first-order valence-corrected chi connectivity index (χ1v) is 6.89. The van der Waals surface area contributed by atoms with Crippen LogP contribution in [0.5, 0.6) is 0 Å². The highest BCUT2D eigenvalue weighted by Crippen LogP contribution is 2.26. The van der Waals surface area contributed by atoms with Gasteiger partial charge in [0.25, 0.3) is 6.01 Å². The fourth-order valence-electron chi connectivity index (χ4n) is 1.87. The number of hydrogen-bond acceptors (Lipinski definition) is 5. The third kappa shape index (κ3) is 2.47. The number of para-hydroxylation sites is 2. The highest BCUT2D eigenvalue weighted by molar-refractivity contribution is 7.10. The summed E-state index contributed by atoms with van der Waals surface area (Å²) in [6.07, 6.45) is 0. The maximum atomic E-state index is 10.4. The number of benzene rings is 1. The molecule has 98 valence electrons. The van der Waals surface area contributed by atoms with E-state index >= 15 is 0 Å². The SMILES string of the molecule is CC(O)(CNc1nc2ccccc2o1)c1cccs1. The van der Waals surface area contributed by atoms with Crippen molar-refractivity contribution in [1.82, 2.24) is 4.98 Å². The maximum Gasteiger partial charge on any atom is 0.295 e. The molecular formula is C14H14N2O2S. The zero-order valence-corrected chi connectivity index (χ0v) is 11.3. The van der Waals surface area contributed by atoms with E-state index in [0.29, 0.717) is 12.6 Å². The van der Waals surface area contributed by atoms with Gasteiger partial charge in [-0.3, -0.25) is 0 Å². The fourth-order valence-corrected chi connectivity index (χ4v) is 2.65. The van der Waals surface area contributed by atoms with Crippen LogP contribution in [0.4, 0.5) is 6.01 Å². The number of aliphatic hydroxyl groups is 1. The Morgan fingerprint density at radius 2 is 2.16 bits per heavy atom. The van der Waals surface area contributed by atoms with Crippen LogP contribution in [0.15, 0.2) is 46.2 Å². The number of rotatable bonds is 4. The number of aromatic nitrogens is 1. The second-order valence-corrected chi connectivity index (χ2v) is 5.54. The van der Waals surface area contributed by atoms with Crippen LogP contribution < -0.4 is 5.32 Å². The molecule has 1 atom stereocenters. The van der Waals surface area contributed by atoms with Crippen LogP contribution in [-0.4, -0.2) is 16.6 Å². The Morgan fingerprint density at radius 3 is 2.89 bits per heavy atom. The molecule has 0 spiro atoms. The van der Waals surface area contributed by atoms with Crippen molar-refractivity contribution in [2.24, 2.45) is 0 Å². The summed E-state index contributed by atoms with van der Waals surface area (Å²) in [5.74, 6) is 0. The largest absolute Gasteiger partial charge is 0.424 e. The minimum Gasteiger partial charge on any atom is -0.424 e. The minimum atomic E-state index is -0.936. The van der Waals surface area contributed by atoms with Crippen molar-refractivity contribution in [2.45, 2.75) is 12.5 Å². The van der Waals surface area contributed by atoms with Gasteiger partial charge < -0.3 is 14.8 Å². The Labute approximate surface area is 114 Å². The lowest BCUT2D eigenvalue weighted by atomic mass is 10.1. The molecule has 0 fully saturated rings. The van der Waals surface area contributed by atoms with E-state index < -0.39 is 5.60 Å². The van der Waals surface area contributed by atoms with Gasteiger partial charge in [0.1, 0.15) is 11.1 Å². The molecule has 2 aromatic heterocycles. The monoisotopic (exact) mass is 274 g/mol. The predicted molar refractivity (Wildman–Crippen MR) is 76.4 cm³/mol. The van der Waals surface area contributed by atoms with Gasteiger partial charge in [0.15, 0.2) is 5.58 Å². The van der Waals surface area contributed by atoms with Gasteiger partial charge in [-0.2, -0.15) is 4.98 Å². The molecule has 0 aliphatic heterocycles. The molecule has 0 bridgehead atoms. The van der Waals surface area contributed by atoms with Gasteiger partial charge in [0.2, 0.25) is 0 Å². The average Bonchev–Trinajstić information content (AvgIpc) is 3.05. The van der Waals surface area contributed by atoms with Crippen LogP contribution in [0.25, 0.3) is 11.1 Å². The Bertz CT molecular complexity index is 641. The first-order chi connectivity index (χ1) is 9.15. The molecule has 0 saturated heterocycles. The smallest absolute Gasteiger partial charge is 0.295 e. The van der Waals surface area contributed by atoms with Gasteiger partial charge in [0.05, 0.1) is 6.54 Å². The number of thiophene rings is 1. The Kier molecular flexibility index (Phi) is 3.00. The van der Waals surface area contributed by atoms with E-state index in [1.807, 2.05) is 41.8 Å². The maximum absolute atomic E-state index is 10.4.